The van der Waals surface area contributed by atoms with Crippen LogP contribution in [0.25, 0.3) is 11.1 Å². The Kier molecular flexibility index (Phi) is 4.86. The lowest BCUT2D eigenvalue weighted by molar-refractivity contribution is 0.442. The number of aryl methyl sites for hydroxylation is 1. The van der Waals surface area contributed by atoms with Crippen molar-refractivity contribution in [2.45, 2.75) is 24.8 Å². The predicted molar refractivity (Wildman–Crippen MR) is 120 cm³/mol. The van der Waals surface area contributed by atoms with E-state index in [2.05, 4.69) is 27.2 Å². The van der Waals surface area contributed by atoms with Crippen molar-refractivity contribution in [1.29, 1.82) is 0 Å². The average Bonchev–Trinajstić information content (AvgIpc) is 3.06. The summed E-state index contributed by atoms with van der Waals surface area (Å²) in [5.41, 5.74) is 3.72. The number of hydrogen-bond acceptors (Lipinski definition) is 6. The molecular weight excluding hydrogens is 412 g/mol. The molecule has 0 bridgehead atoms. The molecule has 0 amide bonds. The Labute approximate surface area is 181 Å². The molecule has 1 aliphatic rings. The second-order valence-corrected chi connectivity index (χ2v) is 9.48. The fourth-order valence-electron chi connectivity index (χ4n) is 4.00. The van der Waals surface area contributed by atoms with Crippen molar-refractivity contribution in [3.05, 3.63) is 78.1 Å². The monoisotopic (exact) mass is 434 g/mol. The summed E-state index contributed by atoms with van der Waals surface area (Å²) in [7, 11) is -3.81. The third-order valence-corrected chi connectivity index (χ3v) is 7.35. The van der Waals surface area contributed by atoms with Gasteiger partial charge in [-0.2, -0.15) is 0 Å². The number of aromatic nitrogens is 2. The Bertz CT molecular complexity index is 1340. The molecule has 0 aliphatic carbocycles. The van der Waals surface area contributed by atoms with E-state index in [1.54, 1.807) is 13.0 Å². The molecule has 2 aromatic heterocycles. The number of nitrogens with zero attached hydrogens (tertiary/aromatic N) is 4. The number of hydrogen-bond donors (Lipinski definition) is 0. The summed E-state index contributed by atoms with van der Waals surface area (Å²) in [6.07, 6.45) is 2.06. The van der Waals surface area contributed by atoms with E-state index in [1.807, 2.05) is 42.5 Å². The van der Waals surface area contributed by atoms with Crippen molar-refractivity contribution in [3.63, 3.8) is 0 Å². The lowest BCUT2D eigenvalue weighted by Gasteiger charge is -2.27. The molecule has 158 valence electrons. The largest absolute Gasteiger partial charge is 0.365 e. The average molecular weight is 435 g/mol. The van der Waals surface area contributed by atoms with Crippen LogP contribution in [0.5, 0.6) is 0 Å². The van der Waals surface area contributed by atoms with Gasteiger partial charge in [0.1, 0.15) is 4.90 Å². The van der Waals surface area contributed by atoms with Crippen LogP contribution >= 0.6 is 0 Å². The van der Waals surface area contributed by atoms with E-state index < -0.39 is 10.0 Å². The van der Waals surface area contributed by atoms with Crippen molar-refractivity contribution >= 4 is 32.5 Å². The molecule has 2 aromatic carbocycles. The smallest absolute Gasteiger partial charge is 0.265 e. The number of benzene rings is 2. The summed E-state index contributed by atoms with van der Waals surface area (Å²) in [6, 6.07) is 19.5. The second-order valence-electron chi connectivity index (χ2n) is 7.62. The number of fused-ring (bicyclic) bond motifs is 2. The van der Waals surface area contributed by atoms with E-state index in [1.165, 1.54) is 16.1 Å². The zero-order valence-corrected chi connectivity index (χ0v) is 17.9. The van der Waals surface area contributed by atoms with Gasteiger partial charge in [-0.25, -0.2) is 13.4 Å². The van der Waals surface area contributed by atoms with E-state index >= 15 is 0 Å². The Morgan fingerprint density at radius 3 is 2.55 bits per heavy atom. The topological polar surface area (TPSA) is 79.5 Å². The van der Waals surface area contributed by atoms with Crippen LogP contribution < -0.4 is 9.21 Å². The lowest BCUT2D eigenvalue weighted by atomic mass is 10.2. The Hall–Kier alpha value is -3.39. The second kappa shape index (κ2) is 7.70. The first-order valence-corrected chi connectivity index (χ1v) is 11.6. The summed E-state index contributed by atoms with van der Waals surface area (Å²) in [6.45, 7) is 3.65. The SMILES string of the molecule is Cc1noc2ncc(S(=O)(=O)N3CCCN(Cc4ccccc4)c4ccccc43)cc12. The molecule has 0 saturated heterocycles. The zero-order valence-electron chi connectivity index (χ0n) is 17.1. The number of anilines is 2. The normalized spacial score (nSPS) is 14.5. The van der Waals surface area contributed by atoms with Gasteiger partial charge in [-0.15, -0.1) is 0 Å². The minimum absolute atomic E-state index is 0.137. The summed E-state index contributed by atoms with van der Waals surface area (Å²) < 4.78 is 34.0. The van der Waals surface area contributed by atoms with E-state index in [0.29, 0.717) is 35.4 Å². The molecular formula is C23H22N4O3S. The Morgan fingerprint density at radius 1 is 1.00 bits per heavy atom. The molecule has 1 aliphatic heterocycles. The number of rotatable bonds is 4. The zero-order chi connectivity index (χ0) is 21.4. The van der Waals surface area contributed by atoms with E-state index in [-0.39, 0.29) is 4.90 Å². The first-order chi connectivity index (χ1) is 15.0. The molecule has 31 heavy (non-hydrogen) atoms. The van der Waals surface area contributed by atoms with Gasteiger partial charge >= 0.3 is 0 Å². The van der Waals surface area contributed by atoms with Crippen LogP contribution in [-0.2, 0) is 16.6 Å². The van der Waals surface area contributed by atoms with Crippen LogP contribution in [0.15, 0.2) is 76.3 Å². The quantitative estimate of drug-likeness (QED) is 0.480. The fourth-order valence-corrected chi connectivity index (χ4v) is 5.49. The number of sulfonamides is 1. The Balaban J connectivity index is 1.56. The van der Waals surface area contributed by atoms with Crippen molar-refractivity contribution in [2.24, 2.45) is 0 Å². The van der Waals surface area contributed by atoms with Crippen LogP contribution in [0.1, 0.15) is 17.7 Å². The van der Waals surface area contributed by atoms with Crippen molar-refractivity contribution in [2.75, 3.05) is 22.3 Å². The minimum Gasteiger partial charge on any atom is -0.365 e. The van der Waals surface area contributed by atoms with Gasteiger partial charge in [0.25, 0.3) is 15.7 Å². The highest BCUT2D eigenvalue weighted by Gasteiger charge is 2.31. The number of pyridine rings is 1. The maximum atomic E-state index is 13.7. The molecule has 0 N–H and O–H groups in total. The summed E-state index contributed by atoms with van der Waals surface area (Å²) in [4.78, 5) is 6.55. The highest BCUT2D eigenvalue weighted by atomic mass is 32.2. The molecule has 7 nitrogen and oxygen atoms in total. The lowest BCUT2D eigenvalue weighted by Crippen LogP contribution is -2.31. The highest BCUT2D eigenvalue weighted by Crippen LogP contribution is 2.36. The van der Waals surface area contributed by atoms with Crippen LogP contribution in [0.3, 0.4) is 0 Å². The van der Waals surface area contributed by atoms with Gasteiger partial charge in [-0.05, 0) is 37.1 Å². The highest BCUT2D eigenvalue weighted by molar-refractivity contribution is 7.92. The van der Waals surface area contributed by atoms with E-state index in [4.69, 9.17) is 4.52 Å². The van der Waals surface area contributed by atoms with Crippen LogP contribution in [0, 0.1) is 6.92 Å². The van der Waals surface area contributed by atoms with Gasteiger partial charge in [0.15, 0.2) is 0 Å². The maximum Gasteiger partial charge on any atom is 0.265 e. The molecule has 0 radical (unpaired) electrons. The summed E-state index contributed by atoms with van der Waals surface area (Å²) >= 11 is 0. The van der Waals surface area contributed by atoms with Gasteiger partial charge in [0.2, 0.25) is 0 Å². The fraction of sp³-hybridized carbons (Fsp3) is 0.217. The van der Waals surface area contributed by atoms with Crippen LogP contribution in [0.4, 0.5) is 11.4 Å². The molecule has 8 heteroatoms. The Morgan fingerprint density at radius 2 is 1.74 bits per heavy atom. The molecule has 5 rings (SSSR count). The third-order valence-electron chi connectivity index (χ3n) is 5.57. The molecule has 3 heterocycles. The molecule has 0 fully saturated rings. The van der Waals surface area contributed by atoms with Gasteiger partial charge in [0.05, 0.1) is 28.7 Å². The summed E-state index contributed by atoms with van der Waals surface area (Å²) in [5.74, 6) is 0. The molecule has 0 atom stereocenters. The van der Waals surface area contributed by atoms with Crippen molar-refractivity contribution < 1.29 is 12.9 Å². The van der Waals surface area contributed by atoms with Crippen LogP contribution in [0.2, 0.25) is 0 Å². The van der Waals surface area contributed by atoms with Crippen molar-refractivity contribution in [3.8, 4) is 0 Å². The predicted octanol–water partition coefficient (Wildman–Crippen LogP) is 4.14. The molecule has 0 saturated carbocycles. The third kappa shape index (κ3) is 3.53. The summed E-state index contributed by atoms with van der Waals surface area (Å²) in [5, 5.41) is 4.49. The van der Waals surface area contributed by atoms with Crippen LogP contribution in [-0.4, -0.2) is 31.6 Å². The standard InChI is InChI=1S/C23H22N4O3S/c1-17-20-14-19(15-24-23(20)30-25-17)31(28,29)27-13-7-12-26(16-18-8-3-2-4-9-18)21-10-5-6-11-22(21)27/h2-6,8-11,14-15H,7,12-13,16H2,1H3. The first-order valence-electron chi connectivity index (χ1n) is 10.2. The van der Waals surface area contributed by atoms with Gasteiger partial charge in [0, 0.05) is 19.6 Å². The minimum atomic E-state index is -3.81. The van der Waals surface area contributed by atoms with E-state index in [0.717, 1.165) is 18.8 Å². The number of para-hydroxylation sites is 2. The molecule has 0 spiro atoms. The van der Waals surface area contributed by atoms with Crippen molar-refractivity contribution in [1.82, 2.24) is 10.1 Å². The maximum absolute atomic E-state index is 13.7. The first kappa shape index (κ1) is 19.6. The van der Waals surface area contributed by atoms with Gasteiger partial charge < -0.3 is 9.42 Å². The molecule has 4 aromatic rings. The molecule has 0 unspecified atom stereocenters. The van der Waals surface area contributed by atoms with Gasteiger partial charge in [-0.3, -0.25) is 4.31 Å². The van der Waals surface area contributed by atoms with Gasteiger partial charge in [-0.1, -0.05) is 47.6 Å². The van der Waals surface area contributed by atoms with E-state index in [9.17, 15) is 8.42 Å².